The summed E-state index contributed by atoms with van der Waals surface area (Å²) in [4.78, 5) is 39.4. The molecule has 0 saturated carbocycles. The molecule has 3 rings (SSSR count). The van der Waals surface area contributed by atoms with Gasteiger partial charge in [0, 0.05) is 41.5 Å². The van der Waals surface area contributed by atoms with Crippen LogP contribution in [-0.4, -0.2) is 45.9 Å². The number of rotatable bonds is 4. The number of hydrogen-bond acceptors (Lipinski definition) is 5. The Labute approximate surface area is 173 Å². The number of thioether (sulfide) groups is 1. The molecule has 29 heavy (non-hydrogen) atoms. The number of nitriles is 1. The predicted molar refractivity (Wildman–Crippen MR) is 113 cm³/mol. The van der Waals surface area contributed by atoms with Crippen LogP contribution in [0.1, 0.15) is 27.2 Å². The van der Waals surface area contributed by atoms with E-state index in [4.69, 9.17) is 0 Å². The van der Waals surface area contributed by atoms with Gasteiger partial charge in [-0.3, -0.25) is 14.4 Å². The first-order valence-corrected chi connectivity index (χ1v) is 10.4. The maximum absolute atomic E-state index is 12.6. The smallest absolute Gasteiger partial charge is 0.269 e. The first kappa shape index (κ1) is 20.7. The van der Waals surface area contributed by atoms with Crippen LogP contribution < -0.4 is 10.9 Å². The van der Waals surface area contributed by atoms with Gasteiger partial charge in [-0.05, 0) is 43.7 Å². The molecule has 1 aliphatic heterocycles. The zero-order valence-corrected chi connectivity index (χ0v) is 17.2. The summed E-state index contributed by atoms with van der Waals surface area (Å²) in [5.41, 5.74) is 1.76. The second-order valence-electron chi connectivity index (χ2n) is 6.88. The fraction of sp³-hybridized carbons (Fsp3) is 0.333. The lowest BCUT2D eigenvalue weighted by atomic mass is 10.1. The van der Waals surface area contributed by atoms with Crippen molar-refractivity contribution in [1.82, 2.24) is 9.47 Å². The Bertz CT molecular complexity index is 1050. The summed E-state index contributed by atoms with van der Waals surface area (Å²) >= 11 is 1.83. The minimum atomic E-state index is -0.480. The molecular formula is C21H22N4O3S. The monoisotopic (exact) mass is 410 g/mol. The molecule has 7 nitrogen and oxygen atoms in total. The first-order chi connectivity index (χ1) is 13.9. The van der Waals surface area contributed by atoms with Crippen LogP contribution in [0.25, 0.3) is 0 Å². The van der Waals surface area contributed by atoms with Gasteiger partial charge in [-0.2, -0.15) is 17.0 Å². The Hall–Kier alpha value is -3.05. The number of nitrogens with one attached hydrogen (secondary N) is 1. The van der Waals surface area contributed by atoms with Crippen LogP contribution in [-0.2, 0) is 11.3 Å². The van der Waals surface area contributed by atoms with Crippen LogP contribution in [0.2, 0.25) is 0 Å². The van der Waals surface area contributed by atoms with Crippen molar-refractivity contribution in [1.29, 1.82) is 5.26 Å². The average Bonchev–Trinajstić information content (AvgIpc) is 2.71. The van der Waals surface area contributed by atoms with Gasteiger partial charge in [-0.25, -0.2) is 0 Å². The number of pyridine rings is 1. The van der Waals surface area contributed by atoms with Gasteiger partial charge < -0.3 is 14.8 Å². The van der Waals surface area contributed by atoms with Gasteiger partial charge in [0.15, 0.2) is 0 Å². The van der Waals surface area contributed by atoms with E-state index in [0.717, 1.165) is 24.6 Å². The molecule has 1 N–H and O–H groups in total. The highest BCUT2D eigenvalue weighted by atomic mass is 32.2. The second kappa shape index (κ2) is 8.97. The standard InChI is InChI=1S/C21H22N4O3S/c1-14-10-15(2)25(21(28)18(14)12-22)13-19(26)23-17-5-3-4-16(11-17)20(27)24-6-8-29-9-7-24/h3-5,10-11H,6-9,13H2,1-2H3,(H,23,26). The number of nitrogens with zero attached hydrogens (tertiary/aromatic N) is 3. The topological polar surface area (TPSA) is 95.2 Å². The SMILES string of the molecule is Cc1cc(C)n(CC(=O)Nc2cccc(C(=O)N3CCSCC3)c2)c(=O)c1C#N. The van der Waals surface area contributed by atoms with Crippen LogP contribution >= 0.6 is 11.8 Å². The van der Waals surface area contributed by atoms with Crippen molar-refractivity contribution in [2.75, 3.05) is 29.9 Å². The van der Waals surface area contributed by atoms with Crippen molar-refractivity contribution < 1.29 is 9.59 Å². The maximum atomic E-state index is 12.6. The lowest BCUT2D eigenvalue weighted by molar-refractivity contribution is -0.116. The molecular weight excluding hydrogens is 388 g/mol. The van der Waals surface area contributed by atoms with E-state index in [-0.39, 0.29) is 18.0 Å². The molecule has 150 valence electrons. The quantitative estimate of drug-likeness (QED) is 0.833. The molecule has 0 unspecified atom stereocenters. The minimum Gasteiger partial charge on any atom is -0.337 e. The normalized spacial score (nSPS) is 13.6. The Morgan fingerprint density at radius 3 is 2.62 bits per heavy atom. The molecule has 1 aliphatic rings. The van der Waals surface area contributed by atoms with E-state index in [1.165, 1.54) is 4.57 Å². The molecule has 0 radical (unpaired) electrons. The lowest BCUT2D eigenvalue weighted by Gasteiger charge is -2.26. The van der Waals surface area contributed by atoms with Gasteiger partial charge in [-0.1, -0.05) is 6.07 Å². The van der Waals surface area contributed by atoms with Gasteiger partial charge in [-0.15, -0.1) is 0 Å². The van der Waals surface area contributed by atoms with Crippen LogP contribution in [0.3, 0.4) is 0 Å². The Balaban J connectivity index is 1.74. The molecule has 0 atom stereocenters. The van der Waals surface area contributed by atoms with Crippen LogP contribution in [0.5, 0.6) is 0 Å². The van der Waals surface area contributed by atoms with Crippen molar-refractivity contribution in [2.45, 2.75) is 20.4 Å². The highest BCUT2D eigenvalue weighted by Crippen LogP contribution is 2.16. The number of carbonyl (C=O) groups excluding carboxylic acids is 2. The van der Waals surface area contributed by atoms with Crippen molar-refractivity contribution in [3.05, 3.63) is 63.1 Å². The van der Waals surface area contributed by atoms with E-state index in [2.05, 4.69) is 5.32 Å². The molecule has 1 fully saturated rings. The summed E-state index contributed by atoms with van der Waals surface area (Å²) < 4.78 is 1.28. The molecule has 0 aliphatic carbocycles. The summed E-state index contributed by atoms with van der Waals surface area (Å²) in [5.74, 6) is 1.40. The third-order valence-corrected chi connectivity index (χ3v) is 5.75. The van der Waals surface area contributed by atoms with E-state index < -0.39 is 11.5 Å². The minimum absolute atomic E-state index is 0.0377. The third-order valence-electron chi connectivity index (χ3n) is 4.81. The fourth-order valence-electron chi connectivity index (χ4n) is 3.28. The van der Waals surface area contributed by atoms with Crippen molar-refractivity contribution in [3.63, 3.8) is 0 Å². The molecule has 2 heterocycles. The van der Waals surface area contributed by atoms with E-state index in [9.17, 15) is 19.6 Å². The molecule has 0 spiro atoms. The number of amides is 2. The third kappa shape index (κ3) is 4.69. The lowest BCUT2D eigenvalue weighted by Crippen LogP contribution is -2.37. The first-order valence-electron chi connectivity index (χ1n) is 9.29. The highest BCUT2D eigenvalue weighted by Gasteiger charge is 2.19. The van der Waals surface area contributed by atoms with E-state index in [1.807, 2.05) is 22.7 Å². The molecule has 2 aromatic rings. The number of carbonyl (C=O) groups is 2. The summed E-state index contributed by atoms with van der Waals surface area (Å²) in [6.45, 7) is 4.65. The molecule has 2 amide bonds. The Morgan fingerprint density at radius 1 is 1.21 bits per heavy atom. The number of aromatic nitrogens is 1. The van der Waals surface area contributed by atoms with Gasteiger partial charge in [0.05, 0.1) is 0 Å². The Kier molecular flexibility index (Phi) is 6.39. The second-order valence-corrected chi connectivity index (χ2v) is 8.11. The Morgan fingerprint density at radius 2 is 1.93 bits per heavy atom. The van der Waals surface area contributed by atoms with Crippen LogP contribution in [0.15, 0.2) is 35.1 Å². The summed E-state index contributed by atoms with van der Waals surface area (Å²) in [6.07, 6.45) is 0. The summed E-state index contributed by atoms with van der Waals surface area (Å²) in [5, 5.41) is 11.9. The predicted octanol–water partition coefficient (Wildman–Crippen LogP) is 2.16. The molecule has 1 aromatic carbocycles. The zero-order valence-electron chi connectivity index (χ0n) is 16.4. The van der Waals surface area contributed by atoms with Gasteiger partial charge in [0.2, 0.25) is 5.91 Å². The van der Waals surface area contributed by atoms with Gasteiger partial charge >= 0.3 is 0 Å². The van der Waals surface area contributed by atoms with Crippen LogP contribution in [0, 0.1) is 25.2 Å². The largest absolute Gasteiger partial charge is 0.337 e. The van der Waals surface area contributed by atoms with Gasteiger partial charge in [0.1, 0.15) is 18.2 Å². The number of aryl methyl sites for hydroxylation is 2. The van der Waals surface area contributed by atoms with Crippen molar-refractivity contribution in [3.8, 4) is 6.07 Å². The number of hydrogen-bond donors (Lipinski definition) is 1. The van der Waals surface area contributed by atoms with E-state index in [0.29, 0.717) is 22.5 Å². The van der Waals surface area contributed by atoms with Crippen molar-refractivity contribution in [2.24, 2.45) is 0 Å². The van der Waals surface area contributed by atoms with E-state index >= 15 is 0 Å². The highest BCUT2D eigenvalue weighted by molar-refractivity contribution is 7.99. The molecule has 8 heteroatoms. The molecule has 0 bridgehead atoms. The number of benzene rings is 1. The average molecular weight is 410 g/mol. The zero-order chi connectivity index (χ0) is 21.0. The summed E-state index contributed by atoms with van der Waals surface area (Å²) in [7, 11) is 0. The maximum Gasteiger partial charge on any atom is 0.269 e. The number of anilines is 1. The fourth-order valence-corrected chi connectivity index (χ4v) is 4.19. The summed E-state index contributed by atoms with van der Waals surface area (Å²) in [6, 6.07) is 10.4. The van der Waals surface area contributed by atoms with Gasteiger partial charge in [0.25, 0.3) is 11.5 Å². The molecule has 1 saturated heterocycles. The van der Waals surface area contributed by atoms with Crippen LogP contribution in [0.4, 0.5) is 5.69 Å². The van der Waals surface area contributed by atoms with E-state index in [1.54, 1.807) is 44.2 Å². The molecule has 1 aromatic heterocycles. The van der Waals surface area contributed by atoms with Crippen molar-refractivity contribution >= 4 is 29.3 Å².